The highest BCUT2D eigenvalue weighted by atomic mass is 17.2. The Morgan fingerprint density at radius 1 is 0.889 bits per heavy atom. The van der Waals surface area contributed by atoms with Crippen molar-refractivity contribution in [2.75, 3.05) is 0 Å². The van der Waals surface area contributed by atoms with Gasteiger partial charge in [-0.2, -0.15) is 0 Å². The van der Waals surface area contributed by atoms with Gasteiger partial charge in [0.2, 0.25) is 0 Å². The standard InChI is InChI=1S/C6H6.O3/c1-2-4-6-5-3-1;1-3-2/h1-6H;. The van der Waals surface area contributed by atoms with Gasteiger partial charge in [0.1, 0.15) is 0 Å². The summed E-state index contributed by atoms with van der Waals surface area (Å²) in [5.41, 5.74) is 0. The molecule has 0 amide bonds. The van der Waals surface area contributed by atoms with Gasteiger partial charge in [0.25, 0.3) is 0 Å². The number of rotatable bonds is 0. The van der Waals surface area contributed by atoms with Gasteiger partial charge in [0.05, 0.1) is 0 Å². The van der Waals surface area contributed by atoms with E-state index < -0.39 is 0 Å². The minimum absolute atomic E-state index is 1.75. The molecule has 0 atom stereocenters. The van der Waals surface area contributed by atoms with Crippen molar-refractivity contribution in [3.05, 3.63) is 46.1 Å². The molecule has 0 aliphatic carbocycles. The van der Waals surface area contributed by atoms with Gasteiger partial charge in [-0.05, 0) is 0 Å². The second-order valence-electron chi connectivity index (χ2n) is 1.22. The predicted octanol–water partition coefficient (Wildman–Crippen LogP) is 0.565. The smallest absolute Gasteiger partial charge is 0.0772 e. The molecule has 0 aliphatic heterocycles. The number of benzene rings is 1. The van der Waals surface area contributed by atoms with Crippen LogP contribution in [0.25, 0.3) is 0 Å². The van der Waals surface area contributed by atoms with Crippen molar-refractivity contribution >= 4 is 0 Å². The highest BCUT2D eigenvalue weighted by Gasteiger charge is 1.57. The fourth-order valence-electron chi connectivity index (χ4n) is 0.385. The molecule has 0 heterocycles. The molecule has 0 unspecified atom stereocenters. The second kappa shape index (κ2) is 6.62. The Labute approximate surface area is 52.4 Å². The Balaban J connectivity index is 0.000000187. The van der Waals surface area contributed by atoms with Crippen molar-refractivity contribution in [2.24, 2.45) is 0 Å². The average Bonchev–Trinajstić information content (AvgIpc) is 1.93. The summed E-state index contributed by atoms with van der Waals surface area (Å²) in [6, 6.07) is 12.0. The Hall–Kier alpha value is -1.38. The highest BCUT2D eigenvalue weighted by Crippen LogP contribution is 1.79. The van der Waals surface area contributed by atoms with Gasteiger partial charge >= 0.3 is 0 Å². The van der Waals surface area contributed by atoms with Crippen LogP contribution in [0.5, 0.6) is 0 Å². The van der Waals surface area contributed by atoms with Crippen molar-refractivity contribution in [1.82, 2.24) is 0 Å². The molecule has 3 heteroatoms. The molecule has 48 valence electrons. The maximum Gasteiger partial charge on any atom is 0.154 e. The van der Waals surface area contributed by atoms with Gasteiger partial charge in [0, 0.05) is 0 Å². The molecule has 0 saturated heterocycles. The maximum absolute atomic E-state index is 7.88. The Morgan fingerprint density at radius 3 is 1.11 bits per heavy atom. The van der Waals surface area contributed by atoms with Gasteiger partial charge in [-0.25, -0.2) is 0 Å². The van der Waals surface area contributed by atoms with Crippen molar-refractivity contribution in [3.63, 3.8) is 0 Å². The lowest BCUT2D eigenvalue weighted by Crippen LogP contribution is -1.82. The fourth-order valence-corrected chi connectivity index (χ4v) is 0.385. The van der Waals surface area contributed by atoms with Crippen molar-refractivity contribution in [2.45, 2.75) is 0 Å². The van der Waals surface area contributed by atoms with Crippen LogP contribution in [0.3, 0.4) is 0 Å². The molecular formula is C6H6O3. The molecule has 0 fully saturated rings. The summed E-state index contributed by atoms with van der Waals surface area (Å²) >= 11 is 0. The minimum atomic E-state index is 1.75. The Morgan fingerprint density at radius 2 is 1.00 bits per heavy atom. The first kappa shape index (κ1) is 7.62. The molecule has 1 rings (SSSR count). The van der Waals surface area contributed by atoms with E-state index in [-0.39, 0.29) is 0 Å². The zero-order valence-electron chi connectivity index (χ0n) is 4.69. The molecule has 0 radical (unpaired) electrons. The maximum atomic E-state index is 7.88. The van der Waals surface area contributed by atoms with E-state index in [0.29, 0.717) is 0 Å². The van der Waals surface area contributed by atoms with Crippen molar-refractivity contribution in [1.29, 1.82) is 0 Å². The third kappa shape index (κ3) is 6.62. The summed E-state index contributed by atoms with van der Waals surface area (Å²) in [4.78, 5) is 7.88. The lowest BCUT2D eigenvalue weighted by atomic mass is 10.4. The molecule has 0 aromatic heterocycles. The monoisotopic (exact) mass is 126 g/mol. The summed E-state index contributed by atoms with van der Waals surface area (Å²) in [6.07, 6.45) is 0. The van der Waals surface area contributed by atoms with Gasteiger partial charge in [-0.1, -0.05) is 46.6 Å². The largest absolute Gasteiger partial charge is 0.154 e. The fraction of sp³-hybridized carbons (Fsp3) is 0. The molecular weight excluding hydrogens is 120 g/mol. The van der Waals surface area contributed by atoms with Crippen molar-refractivity contribution < 1.29 is 5.26 Å². The molecule has 0 saturated carbocycles. The molecule has 1 aromatic carbocycles. The van der Waals surface area contributed by atoms with Crippen LogP contribution in [-0.4, -0.2) is 0 Å². The summed E-state index contributed by atoms with van der Waals surface area (Å²) in [7, 11) is 0. The van der Waals surface area contributed by atoms with Crippen LogP contribution in [0.15, 0.2) is 36.4 Å². The van der Waals surface area contributed by atoms with Gasteiger partial charge < -0.3 is 0 Å². The van der Waals surface area contributed by atoms with E-state index in [1.807, 2.05) is 36.4 Å². The zero-order chi connectivity index (χ0) is 6.95. The van der Waals surface area contributed by atoms with Crippen LogP contribution in [-0.2, 0) is 0 Å². The van der Waals surface area contributed by atoms with Crippen LogP contribution in [0.1, 0.15) is 0 Å². The third-order valence-electron chi connectivity index (χ3n) is 0.667. The Kier molecular flexibility index (Phi) is 5.60. The first-order chi connectivity index (χ1) is 4.41. The van der Waals surface area contributed by atoms with Gasteiger partial charge in [-0.3, -0.25) is 0 Å². The summed E-state index contributed by atoms with van der Waals surface area (Å²) in [5, 5.41) is 7.88. The Bertz CT molecular complexity index is 112. The van der Waals surface area contributed by atoms with E-state index in [2.05, 4.69) is 0 Å². The van der Waals surface area contributed by atoms with Gasteiger partial charge in [0.15, 0.2) is 4.75 Å². The normalized spacial score (nSPS) is 6.67. The molecule has 0 spiro atoms. The van der Waals surface area contributed by atoms with Crippen LogP contribution in [0, 0.1) is 9.71 Å². The number of hydrogen-bond acceptors (Lipinski definition) is 2. The average molecular weight is 126 g/mol. The minimum Gasteiger partial charge on any atom is -0.0772 e. The van der Waals surface area contributed by atoms with E-state index in [1.54, 1.807) is 4.75 Å². The van der Waals surface area contributed by atoms with E-state index in [0.717, 1.165) is 0 Å². The molecule has 9 heavy (non-hydrogen) atoms. The predicted molar refractivity (Wildman–Crippen MR) is 33.2 cm³/mol. The lowest BCUT2D eigenvalue weighted by Gasteiger charge is -1.69. The topological polar surface area (TPSA) is 51.4 Å². The highest BCUT2D eigenvalue weighted by molar-refractivity contribution is 4.99. The molecule has 0 bridgehead atoms. The molecule has 3 nitrogen and oxygen atoms in total. The van der Waals surface area contributed by atoms with Crippen LogP contribution in [0.2, 0.25) is 0 Å². The van der Waals surface area contributed by atoms with Crippen LogP contribution in [0.4, 0.5) is 0 Å². The second-order valence-corrected chi connectivity index (χ2v) is 1.22. The lowest BCUT2D eigenvalue weighted by molar-refractivity contribution is -0.284. The molecule has 0 N–H and O–H groups in total. The zero-order valence-corrected chi connectivity index (χ0v) is 4.69. The number of hydrogen-bond donors (Lipinski definition) is 0. The summed E-state index contributed by atoms with van der Waals surface area (Å²) < 4.78 is 1.75. The quantitative estimate of drug-likeness (QED) is 0.290. The first-order valence-corrected chi connectivity index (χ1v) is 2.33. The van der Waals surface area contributed by atoms with Crippen LogP contribution >= 0.6 is 0 Å². The third-order valence-corrected chi connectivity index (χ3v) is 0.667. The van der Waals surface area contributed by atoms with Crippen molar-refractivity contribution in [3.8, 4) is 0 Å². The van der Waals surface area contributed by atoms with E-state index in [1.165, 1.54) is 0 Å². The van der Waals surface area contributed by atoms with Gasteiger partial charge in [-0.15, -0.1) is 0 Å². The van der Waals surface area contributed by atoms with E-state index in [4.69, 9.17) is 10.2 Å². The van der Waals surface area contributed by atoms with E-state index >= 15 is 0 Å². The van der Waals surface area contributed by atoms with Crippen LogP contribution < -0.4 is 5.26 Å². The summed E-state index contributed by atoms with van der Waals surface area (Å²) in [6.45, 7) is 0. The van der Waals surface area contributed by atoms with E-state index in [9.17, 15) is 0 Å². The molecule has 0 aliphatic rings. The molecule has 1 aromatic rings. The summed E-state index contributed by atoms with van der Waals surface area (Å²) in [5.74, 6) is 0. The first-order valence-electron chi connectivity index (χ1n) is 2.33. The SMILES string of the molecule is O=[O+][O-].c1ccccc1.